The summed E-state index contributed by atoms with van der Waals surface area (Å²) in [5.74, 6) is 1.15. The van der Waals surface area contributed by atoms with Gasteiger partial charge in [0, 0.05) is 12.1 Å². The number of amides is 1. The van der Waals surface area contributed by atoms with Crippen molar-refractivity contribution < 1.29 is 23.9 Å². The zero-order chi connectivity index (χ0) is 18.7. The highest BCUT2D eigenvalue weighted by Gasteiger charge is 2.17. The van der Waals surface area contributed by atoms with Crippen molar-refractivity contribution in [2.24, 2.45) is 0 Å². The number of non-ortho nitro benzene ring substituents is 1. The number of carbonyl (C=O) groups excluding carboxylic acids is 1. The van der Waals surface area contributed by atoms with E-state index in [1.807, 2.05) is 13.0 Å². The number of rotatable bonds is 6. The van der Waals surface area contributed by atoms with Crippen molar-refractivity contribution in [3.63, 3.8) is 0 Å². The monoisotopic (exact) mass is 378 g/mol. The lowest BCUT2D eigenvalue weighted by Gasteiger charge is -2.15. The lowest BCUT2D eigenvalue weighted by molar-refractivity contribution is -0.384. The molecule has 0 fully saturated rings. The molecule has 0 aromatic heterocycles. The minimum absolute atomic E-state index is 0.0656. The summed E-state index contributed by atoms with van der Waals surface area (Å²) in [7, 11) is 0. The molecule has 0 aliphatic carbocycles. The van der Waals surface area contributed by atoms with Crippen LogP contribution in [-0.4, -0.2) is 24.2 Å². The Labute approximate surface area is 153 Å². The molecule has 1 amide bonds. The standard InChI is InChI=1S/C17H15ClN2O6/c1-10(11-2-4-15-16(6-11)26-9-25-15)19-17(21)8-24-14-5-3-12(20(22)23)7-13(14)18/h2-7,10H,8-9H2,1H3,(H,19,21)/t10-/m0/s1. The molecule has 9 heteroatoms. The summed E-state index contributed by atoms with van der Waals surface area (Å²) in [5, 5.41) is 13.5. The number of benzene rings is 2. The summed E-state index contributed by atoms with van der Waals surface area (Å²) in [4.78, 5) is 22.2. The van der Waals surface area contributed by atoms with E-state index in [1.165, 1.54) is 18.2 Å². The number of hydrogen-bond acceptors (Lipinski definition) is 6. The van der Waals surface area contributed by atoms with E-state index in [0.717, 1.165) is 5.56 Å². The largest absolute Gasteiger partial charge is 0.482 e. The van der Waals surface area contributed by atoms with Crippen LogP contribution in [0.2, 0.25) is 5.02 Å². The van der Waals surface area contributed by atoms with Crippen LogP contribution in [0.4, 0.5) is 5.69 Å². The average Bonchev–Trinajstić information content (AvgIpc) is 3.08. The quantitative estimate of drug-likeness (QED) is 0.611. The number of hydrogen-bond donors (Lipinski definition) is 1. The fourth-order valence-electron chi connectivity index (χ4n) is 2.41. The minimum atomic E-state index is -0.560. The van der Waals surface area contributed by atoms with E-state index < -0.39 is 4.92 Å². The molecule has 1 N–H and O–H groups in total. The second-order valence-electron chi connectivity index (χ2n) is 5.56. The van der Waals surface area contributed by atoms with Crippen LogP contribution in [0, 0.1) is 10.1 Å². The van der Waals surface area contributed by atoms with E-state index in [-0.39, 0.29) is 41.8 Å². The number of nitrogens with one attached hydrogen (secondary N) is 1. The molecule has 0 saturated carbocycles. The number of fused-ring (bicyclic) bond motifs is 1. The Hall–Kier alpha value is -3.00. The maximum atomic E-state index is 12.1. The number of nitro groups is 1. The molecule has 0 spiro atoms. The number of halogens is 1. The molecule has 1 atom stereocenters. The van der Waals surface area contributed by atoms with Gasteiger partial charge in [0.25, 0.3) is 11.6 Å². The minimum Gasteiger partial charge on any atom is -0.482 e. The van der Waals surface area contributed by atoms with Gasteiger partial charge in [0.1, 0.15) is 5.75 Å². The second-order valence-corrected chi connectivity index (χ2v) is 5.97. The van der Waals surface area contributed by atoms with Crippen LogP contribution in [0.5, 0.6) is 17.2 Å². The molecule has 1 heterocycles. The van der Waals surface area contributed by atoms with Gasteiger partial charge in [-0.25, -0.2) is 0 Å². The summed E-state index contributed by atoms with van der Waals surface area (Å²) in [6.07, 6.45) is 0. The molecule has 0 unspecified atom stereocenters. The number of ether oxygens (including phenoxy) is 3. The molecule has 0 saturated heterocycles. The molecular weight excluding hydrogens is 364 g/mol. The lowest BCUT2D eigenvalue weighted by atomic mass is 10.1. The van der Waals surface area contributed by atoms with Crippen molar-refractivity contribution in [3.05, 3.63) is 57.1 Å². The highest BCUT2D eigenvalue weighted by molar-refractivity contribution is 6.32. The first kappa shape index (κ1) is 17.8. The van der Waals surface area contributed by atoms with Crippen LogP contribution < -0.4 is 19.5 Å². The Kier molecular flexibility index (Phi) is 5.13. The van der Waals surface area contributed by atoms with Crippen molar-refractivity contribution in [3.8, 4) is 17.2 Å². The predicted octanol–water partition coefficient (Wildman–Crippen LogP) is 3.23. The molecular formula is C17H15ClN2O6. The Bertz CT molecular complexity index is 857. The predicted molar refractivity (Wildman–Crippen MR) is 92.7 cm³/mol. The maximum Gasteiger partial charge on any atom is 0.271 e. The van der Waals surface area contributed by atoms with Crippen LogP contribution in [0.15, 0.2) is 36.4 Å². The highest BCUT2D eigenvalue weighted by atomic mass is 35.5. The summed E-state index contributed by atoms with van der Waals surface area (Å²) in [5.41, 5.74) is 0.708. The van der Waals surface area contributed by atoms with Crippen molar-refractivity contribution in [2.45, 2.75) is 13.0 Å². The molecule has 1 aliphatic heterocycles. The van der Waals surface area contributed by atoms with E-state index in [9.17, 15) is 14.9 Å². The first-order chi connectivity index (χ1) is 12.4. The van der Waals surface area contributed by atoms with Gasteiger partial charge in [0.2, 0.25) is 6.79 Å². The van der Waals surface area contributed by atoms with E-state index >= 15 is 0 Å². The van der Waals surface area contributed by atoms with E-state index in [1.54, 1.807) is 12.1 Å². The van der Waals surface area contributed by atoms with Crippen molar-refractivity contribution >= 4 is 23.2 Å². The van der Waals surface area contributed by atoms with Crippen molar-refractivity contribution in [2.75, 3.05) is 13.4 Å². The fourth-order valence-corrected chi connectivity index (χ4v) is 2.64. The lowest BCUT2D eigenvalue weighted by Crippen LogP contribution is -2.31. The molecule has 26 heavy (non-hydrogen) atoms. The summed E-state index contributed by atoms with van der Waals surface area (Å²) < 4.78 is 15.9. The van der Waals surface area contributed by atoms with Gasteiger partial charge in [-0.05, 0) is 30.7 Å². The van der Waals surface area contributed by atoms with Gasteiger partial charge < -0.3 is 19.5 Å². The van der Waals surface area contributed by atoms with Crippen LogP contribution in [0.25, 0.3) is 0 Å². The number of nitrogens with zero attached hydrogens (tertiary/aromatic N) is 1. The van der Waals surface area contributed by atoms with Gasteiger partial charge in [-0.2, -0.15) is 0 Å². The first-order valence-corrected chi connectivity index (χ1v) is 8.07. The Morgan fingerprint density at radius 3 is 2.81 bits per heavy atom. The summed E-state index contributed by atoms with van der Waals surface area (Å²) in [6, 6.07) is 8.95. The Morgan fingerprint density at radius 2 is 2.08 bits per heavy atom. The normalized spacial score (nSPS) is 13.2. The summed E-state index contributed by atoms with van der Waals surface area (Å²) in [6.45, 7) is 1.74. The molecule has 8 nitrogen and oxygen atoms in total. The second kappa shape index (κ2) is 7.49. The van der Waals surface area contributed by atoms with Crippen molar-refractivity contribution in [1.82, 2.24) is 5.32 Å². The van der Waals surface area contributed by atoms with Crippen LogP contribution >= 0.6 is 11.6 Å². The fraction of sp³-hybridized carbons (Fsp3) is 0.235. The molecule has 2 aromatic rings. The third-order valence-corrected chi connectivity index (χ3v) is 4.05. The molecule has 0 bridgehead atoms. The van der Waals surface area contributed by atoms with Gasteiger partial charge >= 0.3 is 0 Å². The third-order valence-electron chi connectivity index (χ3n) is 3.76. The van der Waals surface area contributed by atoms with Crippen LogP contribution in [0.1, 0.15) is 18.5 Å². The molecule has 1 aliphatic rings. The average molecular weight is 379 g/mol. The third kappa shape index (κ3) is 3.97. The van der Waals surface area contributed by atoms with Crippen LogP contribution in [0.3, 0.4) is 0 Å². The Balaban J connectivity index is 1.56. The van der Waals surface area contributed by atoms with Gasteiger partial charge in [0.05, 0.1) is 16.0 Å². The zero-order valence-electron chi connectivity index (χ0n) is 13.7. The number of nitro benzene ring substituents is 1. The van der Waals surface area contributed by atoms with Crippen molar-refractivity contribution in [1.29, 1.82) is 0 Å². The smallest absolute Gasteiger partial charge is 0.271 e. The van der Waals surface area contributed by atoms with E-state index in [2.05, 4.69) is 5.32 Å². The topological polar surface area (TPSA) is 99.9 Å². The van der Waals surface area contributed by atoms with Gasteiger partial charge in [0.15, 0.2) is 18.1 Å². The first-order valence-electron chi connectivity index (χ1n) is 7.69. The van der Waals surface area contributed by atoms with E-state index in [0.29, 0.717) is 11.5 Å². The van der Waals surface area contributed by atoms with Gasteiger partial charge in [-0.1, -0.05) is 17.7 Å². The van der Waals surface area contributed by atoms with Crippen LogP contribution in [-0.2, 0) is 4.79 Å². The Morgan fingerprint density at radius 1 is 1.31 bits per heavy atom. The highest BCUT2D eigenvalue weighted by Crippen LogP contribution is 2.34. The van der Waals surface area contributed by atoms with Gasteiger partial charge in [-0.15, -0.1) is 0 Å². The maximum absolute atomic E-state index is 12.1. The SMILES string of the molecule is C[C@H](NC(=O)COc1ccc([N+](=O)[O-])cc1Cl)c1ccc2c(c1)OCO2. The molecule has 2 aromatic carbocycles. The molecule has 136 valence electrons. The summed E-state index contributed by atoms with van der Waals surface area (Å²) >= 11 is 5.93. The van der Waals surface area contributed by atoms with Gasteiger partial charge in [-0.3, -0.25) is 14.9 Å². The molecule has 3 rings (SSSR count). The molecule has 0 radical (unpaired) electrons. The number of carbonyl (C=O) groups is 1. The zero-order valence-corrected chi connectivity index (χ0v) is 14.5. The van der Waals surface area contributed by atoms with E-state index in [4.69, 9.17) is 25.8 Å².